The molecule has 6 heteroatoms. The number of phenols is 1. The van der Waals surface area contributed by atoms with E-state index in [0.717, 1.165) is 8.95 Å². The molecule has 20 heavy (non-hydrogen) atoms. The summed E-state index contributed by atoms with van der Waals surface area (Å²) in [4.78, 5) is 11.8. The lowest BCUT2D eigenvalue weighted by atomic mass is 10.2. The first-order valence-electron chi connectivity index (χ1n) is 5.64. The molecule has 2 aromatic carbocycles. The van der Waals surface area contributed by atoms with Gasteiger partial charge in [-0.25, -0.2) is 5.43 Å². The van der Waals surface area contributed by atoms with Crippen molar-refractivity contribution in [2.24, 2.45) is 5.10 Å². The molecule has 0 aliphatic rings. The maximum atomic E-state index is 11.8. The first kappa shape index (κ1) is 14.7. The van der Waals surface area contributed by atoms with Gasteiger partial charge in [0.25, 0.3) is 5.91 Å². The Morgan fingerprint density at radius 2 is 2.00 bits per heavy atom. The van der Waals surface area contributed by atoms with Crippen molar-refractivity contribution in [1.29, 1.82) is 0 Å². The molecule has 0 unspecified atom stereocenters. The number of carbonyl (C=O) groups is 1. The molecule has 102 valence electrons. The Balaban J connectivity index is 2.06. The van der Waals surface area contributed by atoms with Crippen molar-refractivity contribution >= 4 is 44.0 Å². The number of benzene rings is 2. The smallest absolute Gasteiger partial charge is 0.271 e. The lowest BCUT2D eigenvalue weighted by molar-refractivity contribution is 0.0955. The number of nitrogens with one attached hydrogen (secondary N) is 1. The number of hydrogen-bond acceptors (Lipinski definition) is 3. The molecule has 0 aliphatic carbocycles. The fraction of sp³-hybridized carbons (Fsp3) is 0. The number of phenolic OH excluding ortho intramolecular Hbond substituents is 1. The van der Waals surface area contributed by atoms with Crippen LogP contribution in [0, 0.1) is 0 Å². The summed E-state index contributed by atoms with van der Waals surface area (Å²) in [7, 11) is 0. The summed E-state index contributed by atoms with van der Waals surface area (Å²) in [5, 5.41) is 13.2. The van der Waals surface area contributed by atoms with E-state index >= 15 is 0 Å². The number of nitrogens with zero attached hydrogens (tertiary/aromatic N) is 1. The highest BCUT2D eigenvalue weighted by molar-refractivity contribution is 9.10. The van der Waals surface area contributed by atoms with Crippen LogP contribution in [0.2, 0.25) is 0 Å². The predicted octanol–water partition coefficient (Wildman–Crippen LogP) is 3.68. The van der Waals surface area contributed by atoms with Crippen molar-refractivity contribution in [3.8, 4) is 5.75 Å². The molecule has 1 amide bonds. The third kappa shape index (κ3) is 3.91. The first-order valence-corrected chi connectivity index (χ1v) is 7.22. The van der Waals surface area contributed by atoms with Crippen LogP contribution in [0.4, 0.5) is 0 Å². The average molecular weight is 398 g/mol. The van der Waals surface area contributed by atoms with Crippen LogP contribution in [0.25, 0.3) is 0 Å². The summed E-state index contributed by atoms with van der Waals surface area (Å²) in [6.45, 7) is 0. The van der Waals surface area contributed by atoms with Crippen LogP contribution in [0.3, 0.4) is 0 Å². The minimum absolute atomic E-state index is 0.132. The van der Waals surface area contributed by atoms with E-state index in [1.165, 1.54) is 6.21 Å². The molecule has 0 aromatic heterocycles. The van der Waals surface area contributed by atoms with Gasteiger partial charge in [-0.15, -0.1) is 0 Å². The Kier molecular flexibility index (Phi) is 4.92. The summed E-state index contributed by atoms with van der Waals surface area (Å²) < 4.78 is 1.60. The van der Waals surface area contributed by atoms with Crippen LogP contribution < -0.4 is 5.43 Å². The average Bonchev–Trinajstić information content (AvgIpc) is 2.42. The van der Waals surface area contributed by atoms with Gasteiger partial charge in [0.1, 0.15) is 5.75 Å². The van der Waals surface area contributed by atoms with Gasteiger partial charge in [0.15, 0.2) is 0 Å². The number of amides is 1. The van der Waals surface area contributed by atoms with Gasteiger partial charge in [-0.1, -0.05) is 37.9 Å². The molecule has 0 atom stereocenters. The van der Waals surface area contributed by atoms with Gasteiger partial charge >= 0.3 is 0 Å². The summed E-state index contributed by atoms with van der Waals surface area (Å²) in [6, 6.07) is 11.8. The fourth-order valence-corrected chi connectivity index (χ4v) is 2.23. The van der Waals surface area contributed by atoms with Crippen LogP contribution >= 0.6 is 31.9 Å². The largest absolute Gasteiger partial charge is 0.508 e. The second-order valence-electron chi connectivity index (χ2n) is 3.92. The zero-order chi connectivity index (χ0) is 14.5. The van der Waals surface area contributed by atoms with Gasteiger partial charge in [0.2, 0.25) is 0 Å². The Morgan fingerprint density at radius 3 is 2.75 bits per heavy atom. The van der Waals surface area contributed by atoms with E-state index in [2.05, 4.69) is 42.4 Å². The maximum Gasteiger partial charge on any atom is 0.271 e. The number of rotatable bonds is 3. The molecule has 2 aromatic rings. The molecule has 0 fully saturated rings. The highest BCUT2D eigenvalue weighted by Gasteiger charge is 2.04. The van der Waals surface area contributed by atoms with Crippen LogP contribution in [0.15, 0.2) is 56.5 Å². The number of carbonyl (C=O) groups excluding carboxylic acids is 1. The zero-order valence-corrected chi connectivity index (χ0v) is 13.3. The fourth-order valence-electron chi connectivity index (χ4n) is 1.48. The van der Waals surface area contributed by atoms with E-state index in [4.69, 9.17) is 0 Å². The number of hydrogen-bond donors (Lipinski definition) is 2. The molecule has 0 saturated heterocycles. The Hall–Kier alpha value is -1.66. The zero-order valence-electron chi connectivity index (χ0n) is 10.2. The lowest BCUT2D eigenvalue weighted by Crippen LogP contribution is -2.17. The minimum atomic E-state index is -0.307. The van der Waals surface area contributed by atoms with Crippen LogP contribution in [0.1, 0.15) is 15.9 Å². The number of aromatic hydroxyl groups is 1. The monoisotopic (exact) mass is 396 g/mol. The SMILES string of the molecule is O=C(N/N=C/c1cc(O)ccc1Br)c1cccc(Br)c1. The predicted molar refractivity (Wildman–Crippen MR) is 85.0 cm³/mol. The van der Waals surface area contributed by atoms with Crippen LogP contribution in [-0.4, -0.2) is 17.2 Å². The van der Waals surface area contributed by atoms with Crippen molar-refractivity contribution < 1.29 is 9.90 Å². The third-order valence-corrected chi connectivity index (χ3v) is 3.65. The van der Waals surface area contributed by atoms with E-state index in [-0.39, 0.29) is 11.7 Å². The molecule has 0 bridgehead atoms. The number of halogens is 2. The minimum Gasteiger partial charge on any atom is -0.508 e. The molecule has 0 radical (unpaired) electrons. The normalized spacial score (nSPS) is 10.7. The number of hydrazone groups is 1. The van der Waals surface area contributed by atoms with Gasteiger partial charge in [-0.2, -0.15) is 5.10 Å². The standard InChI is InChI=1S/C14H10Br2N2O2/c15-11-3-1-2-9(6-11)14(20)18-17-8-10-7-12(19)4-5-13(10)16/h1-8,19H,(H,18,20)/b17-8+. The van der Waals surface area contributed by atoms with E-state index in [1.807, 2.05) is 6.07 Å². The highest BCUT2D eigenvalue weighted by atomic mass is 79.9. The van der Waals surface area contributed by atoms with Gasteiger partial charge < -0.3 is 5.11 Å². The molecule has 0 spiro atoms. The molecule has 0 saturated carbocycles. The topological polar surface area (TPSA) is 61.7 Å². The van der Waals surface area contributed by atoms with Crippen molar-refractivity contribution in [2.45, 2.75) is 0 Å². The van der Waals surface area contributed by atoms with Crippen molar-refractivity contribution in [3.05, 3.63) is 62.5 Å². The summed E-state index contributed by atoms with van der Waals surface area (Å²) in [6.07, 6.45) is 1.46. The summed E-state index contributed by atoms with van der Waals surface area (Å²) in [5.41, 5.74) is 3.60. The summed E-state index contributed by atoms with van der Waals surface area (Å²) >= 11 is 6.63. The third-order valence-electron chi connectivity index (χ3n) is 2.44. The molecule has 2 N–H and O–H groups in total. The van der Waals surface area contributed by atoms with Crippen molar-refractivity contribution in [1.82, 2.24) is 5.43 Å². The molecule has 0 aliphatic heterocycles. The first-order chi connectivity index (χ1) is 9.56. The van der Waals surface area contributed by atoms with Gasteiger partial charge in [0.05, 0.1) is 6.21 Å². The molecular weight excluding hydrogens is 388 g/mol. The highest BCUT2D eigenvalue weighted by Crippen LogP contribution is 2.19. The molecule has 2 rings (SSSR count). The Bertz CT molecular complexity index is 672. The van der Waals surface area contributed by atoms with Crippen molar-refractivity contribution in [3.63, 3.8) is 0 Å². The van der Waals surface area contributed by atoms with E-state index < -0.39 is 0 Å². The molecule has 4 nitrogen and oxygen atoms in total. The van der Waals surface area contributed by atoms with Gasteiger partial charge in [0, 0.05) is 20.1 Å². The molecule has 0 heterocycles. The van der Waals surface area contributed by atoms with E-state index in [0.29, 0.717) is 11.1 Å². The van der Waals surface area contributed by atoms with Crippen LogP contribution in [0.5, 0.6) is 5.75 Å². The lowest BCUT2D eigenvalue weighted by Gasteiger charge is -2.01. The van der Waals surface area contributed by atoms with E-state index in [9.17, 15) is 9.90 Å². The second-order valence-corrected chi connectivity index (χ2v) is 5.69. The van der Waals surface area contributed by atoms with Gasteiger partial charge in [-0.05, 0) is 36.4 Å². The van der Waals surface area contributed by atoms with Gasteiger partial charge in [-0.3, -0.25) is 4.79 Å². The van der Waals surface area contributed by atoms with Crippen LogP contribution in [-0.2, 0) is 0 Å². The summed E-state index contributed by atoms with van der Waals surface area (Å²) in [5.74, 6) is -0.174. The van der Waals surface area contributed by atoms with Crippen molar-refractivity contribution in [2.75, 3.05) is 0 Å². The van der Waals surface area contributed by atoms with E-state index in [1.54, 1.807) is 36.4 Å². The Morgan fingerprint density at radius 1 is 1.20 bits per heavy atom. The molecular formula is C14H10Br2N2O2. The Labute approximate surface area is 132 Å². The second kappa shape index (κ2) is 6.67. The quantitative estimate of drug-likeness (QED) is 0.612. The maximum absolute atomic E-state index is 11.8.